The summed E-state index contributed by atoms with van der Waals surface area (Å²) in [5, 5.41) is 13.9. The van der Waals surface area contributed by atoms with Gasteiger partial charge in [0.25, 0.3) is 0 Å². The molecule has 1 amide bonds. The highest BCUT2D eigenvalue weighted by Gasteiger charge is 2.30. The molecule has 5 nitrogen and oxygen atoms in total. The molecule has 0 aliphatic carbocycles. The van der Waals surface area contributed by atoms with Gasteiger partial charge in [-0.1, -0.05) is 66.4 Å². The van der Waals surface area contributed by atoms with Crippen LogP contribution in [0.2, 0.25) is 0 Å². The maximum atomic E-state index is 12.4. The van der Waals surface area contributed by atoms with E-state index < -0.39 is 0 Å². The van der Waals surface area contributed by atoms with E-state index >= 15 is 0 Å². The molecule has 1 aliphatic heterocycles. The van der Waals surface area contributed by atoms with Crippen LogP contribution >= 0.6 is 11.8 Å². The van der Waals surface area contributed by atoms with Crippen molar-refractivity contribution in [2.24, 2.45) is 10.2 Å². The summed E-state index contributed by atoms with van der Waals surface area (Å²) >= 11 is 1.43. The first-order chi connectivity index (χ1) is 14.1. The summed E-state index contributed by atoms with van der Waals surface area (Å²) in [6.07, 6.45) is 2.35. The van der Waals surface area contributed by atoms with Gasteiger partial charge in [0, 0.05) is 19.8 Å². The molecular formula is C23H22N4OS. The van der Waals surface area contributed by atoms with Gasteiger partial charge in [0.1, 0.15) is 0 Å². The van der Waals surface area contributed by atoms with Crippen molar-refractivity contribution in [3.05, 3.63) is 77.9 Å². The molecule has 4 rings (SSSR count). The van der Waals surface area contributed by atoms with Gasteiger partial charge >= 0.3 is 0 Å². The quantitative estimate of drug-likeness (QED) is 0.517. The van der Waals surface area contributed by atoms with Gasteiger partial charge in [-0.25, -0.2) is 0 Å². The second-order valence-electron chi connectivity index (χ2n) is 7.07. The lowest BCUT2D eigenvalue weighted by molar-refractivity contribution is -0.118. The van der Waals surface area contributed by atoms with Crippen LogP contribution in [-0.2, 0) is 11.2 Å². The van der Waals surface area contributed by atoms with Gasteiger partial charge in [0.2, 0.25) is 5.91 Å². The van der Waals surface area contributed by atoms with Crippen molar-refractivity contribution in [1.82, 2.24) is 5.32 Å². The van der Waals surface area contributed by atoms with Crippen molar-refractivity contribution in [3.63, 3.8) is 0 Å². The molecule has 3 aromatic carbocycles. The summed E-state index contributed by atoms with van der Waals surface area (Å²) in [6, 6.07) is 22.5. The number of amidine groups is 1. The summed E-state index contributed by atoms with van der Waals surface area (Å²) < 4.78 is 0. The van der Waals surface area contributed by atoms with Crippen LogP contribution in [-0.4, -0.2) is 36.6 Å². The maximum Gasteiger partial charge on any atom is 0.239 e. The summed E-state index contributed by atoms with van der Waals surface area (Å²) in [5.41, 5.74) is 3.26. The Hall–Kier alpha value is -3.12. The van der Waals surface area contributed by atoms with E-state index in [1.54, 1.807) is 6.21 Å². The number of nitrogens with zero attached hydrogens (tertiary/aromatic N) is 3. The Kier molecular flexibility index (Phi) is 5.62. The van der Waals surface area contributed by atoms with Crippen LogP contribution in [0.5, 0.6) is 0 Å². The molecule has 146 valence electrons. The van der Waals surface area contributed by atoms with Gasteiger partial charge in [-0.3, -0.25) is 4.79 Å². The Morgan fingerprint density at radius 2 is 1.79 bits per heavy atom. The lowest BCUT2D eigenvalue weighted by Gasteiger charge is -2.11. The Labute approximate surface area is 174 Å². The van der Waals surface area contributed by atoms with Gasteiger partial charge in [0.15, 0.2) is 5.17 Å². The molecule has 6 heteroatoms. The van der Waals surface area contributed by atoms with Gasteiger partial charge in [-0.05, 0) is 40.5 Å². The first kappa shape index (κ1) is 19.2. The third-order valence-corrected chi connectivity index (χ3v) is 5.90. The number of thioether (sulfide) groups is 1. The first-order valence-electron chi connectivity index (χ1n) is 9.43. The number of nitrogens with one attached hydrogen (secondary N) is 1. The van der Waals surface area contributed by atoms with E-state index in [9.17, 15) is 4.79 Å². The van der Waals surface area contributed by atoms with Gasteiger partial charge < -0.3 is 10.2 Å². The minimum atomic E-state index is -0.200. The fourth-order valence-electron chi connectivity index (χ4n) is 3.26. The number of hydrogen-bond donors (Lipinski definition) is 1. The standard InChI is InChI=1S/C23H22N4OS/c1-27(2)19-12-10-16(11-13-19)15-24-26-23-25-22(28)21(29-23)14-18-8-5-7-17-6-3-4-9-20(17)18/h3-13,15,21H,14H2,1-2H3,(H,25,26,28)/b24-15-/t21-/m1/s1. The Morgan fingerprint density at radius 1 is 1.03 bits per heavy atom. The molecule has 1 fully saturated rings. The van der Waals surface area contributed by atoms with Crippen LogP contribution < -0.4 is 10.2 Å². The molecule has 1 heterocycles. The molecule has 0 aromatic heterocycles. The van der Waals surface area contributed by atoms with Crippen molar-refractivity contribution in [2.75, 3.05) is 19.0 Å². The highest BCUT2D eigenvalue weighted by molar-refractivity contribution is 8.15. The number of fused-ring (bicyclic) bond motifs is 1. The number of carbonyl (C=O) groups excluding carboxylic acids is 1. The molecule has 1 N–H and O–H groups in total. The van der Waals surface area contributed by atoms with Crippen molar-refractivity contribution >= 4 is 45.5 Å². The smallest absolute Gasteiger partial charge is 0.239 e. The first-order valence-corrected chi connectivity index (χ1v) is 10.3. The number of amides is 1. The zero-order chi connectivity index (χ0) is 20.2. The van der Waals surface area contributed by atoms with Crippen molar-refractivity contribution in [3.8, 4) is 0 Å². The van der Waals surface area contributed by atoms with E-state index in [0.29, 0.717) is 11.6 Å². The SMILES string of the molecule is CN(C)c1ccc(/C=N\N=C2/NC(=O)[C@@H](Cc3cccc4ccccc34)S2)cc1. The number of carbonyl (C=O) groups is 1. The normalized spacial score (nSPS) is 17.9. The summed E-state index contributed by atoms with van der Waals surface area (Å²) in [7, 11) is 4.01. The predicted molar refractivity (Wildman–Crippen MR) is 123 cm³/mol. The highest BCUT2D eigenvalue weighted by atomic mass is 32.2. The topological polar surface area (TPSA) is 57.1 Å². The molecule has 29 heavy (non-hydrogen) atoms. The Bertz CT molecular complexity index is 1080. The predicted octanol–water partition coefficient (Wildman–Crippen LogP) is 4.07. The third kappa shape index (κ3) is 4.49. The number of anilines is 1. The fraction of sp³-hybridized carbons (Fsp3) is 0.174. The third-order valence-electron chi connectivity index (χ3n) is 4.83. The lowest BCUT2D eigenvalue weighted by atomic mass is 10.0. The zero-order valence-electron chi connectivity index (χ0n) is 16.4. The molecule has 0 spiro atoms. The Morgan fingerprint density at radius 3 is 2.59 bits per heavy atom. The molecular weight excluding hydrogens is 380 g/mol. The number of hydrogen-bond acceptors (Lipinski definition) is 5. The molecule has 0 bridgehead atoms. The van der Waals surface area contributed by atoms with Crippen LogP contribution in [0.3, 0.4) is 0 Å². The van der Waals surface area contributed by atoms with Crippen LogP contribution in [0.25, 0.3) is 10.8 Å². The van der Waals surface area contributed by atoms with Gasteiger partial charge in [-0.15, -0.1) is 5.10 Å². The minimum absolute atomic E-state index is 0.0211. The largest absolute Gasteiger partial charge is 0.378 e. The maximum absolute atomic E-state index is 12.4. The number of benzene rings is 3. The second kappa shape index (κ2) is 8.49. The minimum Gasteiger partial charge on any atom is -0.378 e. The molecule has 3 aromatic rings. The van der Waals surface area contributed by atoms with E-state index in [-0.39, 0.29) is 11.2 Å². The zero-order valence-corrected chi connectivity index (χ0v) is 17.2. The molecule has 0 unspecified atom stereocenters. The summed E-state index contributed by atoms with van der Waals surface area (Å²) in [6.45, 7) is 0. The summed E-state index contributed by atoms with van der Waals surface area (Å²) in [4.78, 5) is 14.4. The monoisotopic (exact) mass is 402 g/mol. The van der Waals surface area contributed by atoms with E-state index in [0.717, 1.165) is 11.3 Å². The molecule has 1 aliphatic rings. The molecule has 0 radical (unpaired) electrons. The van der Waals surface area contributed by atoms with E-state index in [1.165, 1.54) is 28.1 Å². The molecule has 1 atom stereocenters. The lowest BCUT2D eigenvalue weighted by Crippen LogP contribution is -2.26. The van der Waals surface area contributed by atoms with Crippen LogP contribution in [0.1, 0.15) is 11.1 Å². The average molecular weight is 403 g/mol. The van der Waals surface area contributed by atoms with Gasteiger partial charge in [0.05, 0.1) is 11.5 Å². The highest BCUT2D eigenvalue weighted by Crippen LogP contribution is 2.27. The Balaban J connectivity index is 1.43. The number of rotatable bonds is 5. The molecule has 1 saturated heterocycles. The molecule has 0 saturated carbocycles. The van der Waals surface area contributed by atoms with Crippen LogP contribution in [0.15, 0.2) is 76.9 Å². The van der Waals surface area contributed by atoms with E-state index in [4.69, 9.17) is 0 Å². The van der Waals surface area contributed by atoms with Crippen molar-refractivity contribution < 1.29 is 4.79 Å². The van der Waals surface area contributed by atoms with Crippen LogP contribution in [0.4, 0.5) is 5.69 Å². The average Bonchev–Trinajstić information content (AvgIpc) is 3.08. The fourth-order valence-corrected chi connectivity index (χ4v) is 4.22. The van der Waals surface area contributed by atoms with Crippen molar-refractivity contribution in [1.29, 1.82) is 0 Å². The second-order valence-corrected chi connectivity index (χ2v) is 8.27. The van der Waals surface area contributed by atoms with E-state index in [2.05, 4.69) is 39.8 Å². The summed E-state index contributed by atoms with van der Waals surface area (Å²) in [5.74, 6) is -0.0211. The van der Waals surface area contributed by atoms with E-state index in [1.807, 2.05) is 61.5 Å². The van der Waals surface area contributed by atoms with Crippen molar-refractivity contribution in [2.45, 2.75) is 11.7 Å². The van der Waals surface area contributed by atoms with Crippen LogP contribution in [0, 0.1) is 0 Å². The van der Waals surface area contributed by atoms with Gasteiger partial charge in [-0.2, -0.15) is 5.10 Å².